The van der Waals surface area contributed by atoms with Crippen LogP contribution in [0.5, 0.6) is 0 Å². The minimum absolute atomic E-state index is 0.0582. The summed E-state index contributed by atoms with van der Waals surface area (Å²) < 4.78 is 26.4. The summed E-state index contributed by atoms with van der Waals surface area (Å²) >= 11 is 0. The first kappa shape index (κ1) is 14.5. The second kappa shape index (κ2) is 5.55. The Balaban J connectivity index is 4.71. The molecule has 0 amide bonds. The fraction of sp³-hybridized carbons (Fsp3) is 0.556. The lowest BCUT2D eigenvalue weighted by atomic mass is 10.0. The van der Waals surface area contributed by atoms with E-state index < -0.39 is 23.2 Å². The van der Waals surface area contributed by atoms with Gasteiger partial charge >= 0.3 is 5.97 Å². The van der Waals surface area contributed by atoms with Crippen LogP contribution in [0.25, 0.3) is 0 Å². The first-order valence-corrected chi connectivity index (χ1v) is 4.53. The Hall–Kier alpha value is -1.50. The fourth-order valence-corrected chi connectivity index (χ4v) is 0.816. The van der Waals surface area contributed by atoms with E-state index in [0.717, 1.165) is 6.92 Å². The van der Waals surface area contributed by atoms with Gasteiger partial charge in [-0.2, -0.15) is 0 Å². The third-order valence-electron chi connectivity index (χ3n) is 1.83. The normalized spacial score (nSPS) is 17.7. The molecule has 0 rings (SSSR count). The van der Waals surface area contributed by atoms with Gasteiger partial charge in [0.1, 0.15) is 5.83 Å². The van der Waals surface area contributed by atoms with Gasteiger partial charge in [0.2, 0.25) is 0 Å². The molecule has 0 saturated heterocycles. The summed E-state index contributed by atoms with van der Waals surface area (Å²) in [5, 5.41) is 8.56. The number of aliphatic carboxylic acids is 1. The molecule has 5 nitrogen and oxygen atoms in total. The second-order valence-corrected chi connectivity index (χ2v) is 3.50. The van der Waals surface area contributed by atoms with E-state index in [1.165, 1.54) is 6.92 Å². The molecule has 0 spiro atoms. The van der Waals surface area contributed by atoms with Gasteiger partial charge in [-0.05, 0) is 13.8 Å². The predicted octanol–water partition coefficient (Wildman–Crippen LogP) is 0.706. The van der Waals surface area contributed by atoms with Crippen LogP contribution in [0.3, 0.4) is 0 Å². The number of hydrogen-bond donors (Lipinski definition) is 3. The van der Waals surface area contributed by atoms with Crippen molar-refractivity contribution in [3.05, 3.63) is 11.7 Å². The second-order valence-electron chi connectivity index (χ2n) is 3.50. The predicted molar refractivity (Wildman–Crippen MR) is 56.3 cm³/mol. The van der Waals surface area contributed by atoms with Gasteiger partial charge in [-0.25, -0.2) is 13.6 Å². The van der Waals surface area contributed by atoms with Crippen LogP contribution in [-0.2, 0) is 4.79 Å². The minimum Gasteiger partial charge on any atom is -0.480 e. The van der Waals surface area contributed by atoms with E-state index in [2.05, 4.69) is 4.99 Å². The number of aliphatic imine (C=N–C) groups is 1. The zero-order valence-corrected chi connectivity index (χ0v) is 9.13. The molecule has 0 saturated carbocycles. The molecule has 1 atom stereocenters. The monoisotopic (exact) mass is 235 g/mol. The largest absolute Gasteiger partial charge is 0.480 e. The molecule has 5 N–H and O–H groups in total. The Bertz CT molecular complexity index is 334. The van der Waals surface area contributed by atoms with Crippen LogP contribution in [0.2, 0.25) is 0 Å². The molecule has 0 aromatic rings. The van der Waals surface area contributed by atoms with Crippen molar-refractivity contribution < 1.29 is 18.7 Å². The molecule has 0 aliphatic heterocycles. The number of carboxylic acids is 1. The molecular weight excluding hydrogens is 220 g/mol. The van der Waals surface area contributed by atoms with Gasteiger partial charge in [-0.3, -0.25) is 4.99 Å². The third kappa shape index (κ3) is 3.93. The summed E-state index contributed by atoms with van der Waals surface area (Å²) in [7, 11) is 0. The zero-order chi connectivity index (χ0) is 12.9. The maximum Gasteiger partial charge on any atom is 0.330 e. The van der Waals surface area contributed by atoms with Gasteiger partial charge in [-0.1, -0.05) is 0 Å². The van der Waals surface area contributed by atoms with Gasteiger partial charge < -0.3 is 16.6 Å². The summed E-state index contributed by atoms with van der Waals surface area (Å²) in [4.78, 5) is 14.2. The lowest BCUT2D eigenvalue weighted by Gasteiger charge is -2.17. The van der Waals surface area contributed by atoms with Crippen molar-refractivity contribution in [1.82, 2.24) is 0 Å². The first-order chi connectivity index (χ1) is 7.19. The summed E-state index contributed by atoms with van der Waals surface area (Å²) in [6.45, 7) is 2.32. The smallest absolute Gasteiger partial charge is 0.330 e. The Labute approximate surface area is 91.8 Å². The molecule has 92 valence electrons. The molecule has 0 bridgehead atoms. The highest BCUT2D eigenvalue weighted by Crippen LogP contribution is 2.22. The van der Waals surface area contributed by atoms with E-state index in [-0.39, 0.29) is 18.8 Å². The quantitative estimate of drug-likeness (QED) is 0.482. The minimum atomic E-state index is -2.36. The molecule has 0 aromatic carbocycles. The molecule has 0 unspecified atom stereocenters. The number of nitrogens with two attached hydrogens (primary N) is 2. The van der Waals surface area contributed by atoms with E-state index in [9.17, 15) is 13.6 Å². The number of amidine groups is 1. The van der Waals surface area contributed by atoms with E-state index >= 15 is 0 Å². The highest BCUT2D eigenvalue weighted by Gasteiger charge is 2.36. The van der Waals surface area contributed by atoms with Gasteiger partial charge in [0.15, 0.2) is 11.4 Å². The number of hydrogen-bond acceptors (Lipinski definition) is 3. The molecule has 7 heteroatoms. The van der Waals surface area contributed by atoms with Crippen molar-refractivity contribution >= 4 is 11.8 Å². The average molecular weight is 235 g/mol. The standard InChI is InChI=1S/C9H15F2N3O2/c1-5(12)14-4-3-6(10)7(11)9(2,13)8(15)16/h3-4,13H2,1-2H3,(H2,12,14)(H,15,16)/b7-6-/t9-/m1/s1. The van der Waals surface area contributed by atoms with Crippen molar-refractivity contribution in [2.24, 2.45) is 16.5 Å². The topological polar surface area (TPSA) is 102 Å². The van der Waals surface area contributed by atoms with Gasteiger partial charge in [0.25, 0.3) is 0 Å². The van der Waals surface area contributed by atoms with Crippen LogP contribution in [0, 0.1) is 0 Å². The molecule has 0 aromatic heterocycles. The molecular formula is C9H15F2N3O2. The van der Waals surface area contributed by atoms with Gasteiger partial charge in [0.05, 0.1) is 5.84 Å². The Morgan fingerprint density at radius 1 is 1.50 bits per heavy atom. The average Bonchev–Trinajstić information content (AvgIpc) is 2.15. The molecule has 0 heterocycles. The van der Waals surface area contributed by atoms with Crippen molar-refractivity contribution in [3.63, 3.8) is 0 Å². The van der Waals surface area contributed by atoms with Crippen molar-refractivity contribution in [2.45, 2.75) is 25.8 Å². The van der Waals surface area contributed by atoms with Crippen LogP contribution >= 0.6 is 0 Å². The van der Waals surface area contributed by atoms with Crippen LogP contribution < -0.4 is 11.5 Å². The van der Waals surface area contributed by atoms with E-state index in [1.807, 2.05) is 0 Å². The van der Waals surface area contributed by atoms with Crippen LogP contribution in [-0.4, -0.2) is 29.0 Å². The Morgan fingerprint density at radius 2 is 2.00 bits per heavy atom. The van der Waals surface area contributed by atoms with Crippen LogP contribution in [0.4, 0.5) is 8.78 Å². The van der Waals surface area contributed by atoms with E-state index in [1.54, 1.807) is 0 Å². The number of carbonyl (C=O) groups is 1. The Morgan fingerprint density at radius 3 is 2.38 bits per heavy atom. The van der Waals surface area contributed by atoms with Crippen molar-refractivity contribution in [1.29, 1.82) is 0 Å². The number of rotatable bonds is 5. The van der Waals surface area contributed by atoms with E-state index in [4.69, 9.17) is 16.6 Å². The van der Waals surface area contributed by atoms with Crippen molar-refractivity contribution in [3.8, 4) is 0 Å². The van der Waals surface area contributed by atoms with Gasteiger partial charge in [-0.15, -0.1) is 0 Å². The number of halogens is 2. The SMILES string of the molecule is CC(N)=NCC/C(F)=C(/F)[C@@](C)(N)C(=O)O. The molecule has 0 radical (unpaired) electrons. The maximum absolute atomic E-state index is 13.3. The number of carboxylic acid groups (broad SMARTS) is 1. The highest BCUT2D eigenvalue weighted by atomic mass is 19.2. The van der Waals surface area contributed by atoms with Crippen molar-refractivity contribution in [2.75, 3.05) is 6.54 Å². The maximum atomic E-state index is 13.3. The lowest BCUT2D eigenvalue weighted by molar-refractivity contribution is -0.141. The summed E-state index contributed by atoms with van der Waals surface area (Å²) in [5.41, 5.74) is 7.93. The summed E-state index contributed by atoms with van der Waals surface area (Å²) in [5.74, 6) is -4.12. The highest BCUT2D eigenvalue weighted by molar-refractivity contribution is 5.81. The summed E-state index contributed by atoms with van der Waals surface area (Å²) in [6, 6.07) is 0. The van der Waals surface area contributed by atoms with Crippen LogP contribution in [0.15, 0.2) is 16.6 Å². The molecule has 0 aliphatic rings. The fourth-order valence-electron chi connectivity index (χ4n) is 0.816. The molecule has 16 heavy (non-hydrogen) atoms. The van der Waals surface area contributed by atoms with Crippen LogP contribution in [0.1, 0.15) is 20.3 Å². The molecule has 0 aliphatic carbocycles. The molecule has 0 fully saturated rings. The van der Waals surface area contributed by atoms with E-state index in [0.29, 0.717) is 0 Å². The third-order valence-corrected chi connectivity index (χ3v) is 1.83. The lowest BCUT2D eigenvalue weighted by Crippen LogP contribution is -2.46. The van der Waals surface area contributed by atoms with Gasteiger partial charge in [0, 0.05) is 13.0 Å². The summed E-state index contributed by atoms with van der Waals surface area (Å²) in [6.07, 6.45) is -0.375. The zero-order valence-electron chi connectivity index (χ0n) is 9.13. The Kier molecular flexibility index (Phi) is 5.03. The first-order valence-electron chi connectivity index (χ1n) is 4.53. The number of nitrogens with zero attached hydrogens (tertiary/aromatic N) is 1.